The van der Waals surface area contributed by atoms with Gasteiger partial charge in [-0.05, 0) is 18.2 Å². The van der Waals surface area contributed by atoms with E-state index in [0.29, 0.717) is 12.1 Å². The second-order valence-electron chi connectivity index (χ2n) is 3.79. The van der Waals surface area contributed by atoms with Crippen LogP contribution in [0.15, 0.2) is 18.2 Å². The van der Waals surface area contributed by atoms with Gasteiger partial charge in [0.2, 0.25) is 0 Å². The quantitative estimate of drug-likeness (QED) is 0.603. The molecule has 0 bridgehead atoms. The molecule has 0 radical (unpaired) electrons. The summed E-state index contributed by atoms with van der Waals surface area (Å²) in [6, 6.07) is 4.47. The van der Waals surface area contributed by atoms with Gasteiger partial charge in [-0.15, -0.1) is 0 Å². The van der Waals surface area contributed by atoms with Crippen LogP contribution in [0, 0.1) is 0 Å². The van der Waals surface area contributed by atoms with Crippen LogP contribution in [0.2, 0.25) is 0 Å². The minimum absolute atomic E-state index is 0.148. The van der Waals surface area contributed by atoms with Crippen molar-refractivity contribution >= 4 is 0 Å². The highest BCUT2D eigenvalue weighted by Gasteiger charge is 2.22. The van der Waals surface area contributed by atoms with E-state index >= 15 is 0 Å². The Bertz CT molecular complexity index is 308. The van der Waals surface area contributed by atoms with E-state index in [0.717, 1.165) is 0 Å². The molecule has 0 amide bonds. The molecule has 0 saturated carbocycles. The Kier molecular flexibility index (Phi) is 2.48. The highest BCUT2D eigenvalue weighted by Crippen LogP contribution is 2.32. The molecule has 3 heteroatoms. The molecule has 0 aromatic heterocycles. The van der Waals surface area contributed by atoms with Crippen molar-refractivity contribution in [3.8, 4) is 11.5 Å². The molecule has 72 valence electrons. The summed E-state index contributed by atoms with van der Waals surface area (Å²) in [5.74, 6) is 0.322. The number of phenolic OH excluding ortho intramolecular Hbond substituents is 2. The van der Waals surface area contributed by atoms with Crippen LogP contribution in [0.3, 0.4) is 0 Å². The Hall–Kier alpha value is -1.22. The van der Waals surface area contributed by atoms with Crippen LogP contribution in [0.4, 0.5) is 0 Å². The lowest BCUT2D eigenvalue weighted by Crippen LogP contribution is -2.28. The topological polar surface area (TPSA) is 66.5 Å². The lowest BCUT2D eigenvalue weighted by molar-refractivity contribution is 0.428. The first-order chi connectivity index (χ1) is 5.97. The molecule has 0 saturated heterocycles. The molecule has 0 fully saturated rings. The van der Waals surface area contributed by atoms with Crippen LogP contribution in [0.25, 0.3) is 0 Å². The summed E-state index contributed by atoms with van der Waals surface area (Å²) in [7, 11) is 0. The Morgan fingerprint density at radius 1 is 1.31 bits per heavy atom. The van der Waals surface area contributed by atoms with Gasteiger partial charge in [0.1, 0.15) is 11.5 Å². The summed E-state index contributed by atoms with van der Waals surface area (Å²) in [5, 5.41) is 18.8. The molecule has 3 nitrogen and oxygen atoms in total. The Morgan fingerprint density at radius 3 is 2.46 bits per heavy atom. The van der Waals surface area contributed by atoms with E-state index < -0.39 is 0 Å². The van der Waals surface area contributed by atoms with Crippen molar-refractivity contribution in [1.82, 2.24) is 0 Å². The number of nitrogens with two attached hydrogens (primary N) is 1. The van der Waals surface area contributed by atoms with Crippen LogP contribution in [-0.4, -0.2) is 16.8 Å². The summed E-state index contributed by atoms with van der Waals surface area (Å²) in [6.07, 6.45) is 0. The van der Waals surface area contributed by atoms with Gasteiger partial charge >= 0.3 is 0 Å². The maximum atomic E-state index is 9.54. The van der Waals surface area contributed by atoms with E-state index in [1.54, 1.807) is 6.07 Å². The first-order valence-electron chi connectivity index (χ1n) is 4.20. The third-order valence-corrected chi connectivity index (χ3v) is 2.22. The van der Waals surface area contributed by atoms with E-state index in [1.165, 1.54) is 12.1 Å². The summed E-state index contributed by atoms with van der Waals surface area (Å²) >= 11 is 0. The van der Waals surface area contributed by atoms with Gasteiger partial charge in [-0.1, -0.05) is 13.8 Å². The van der Waals surface area contributed by atoms with E-state index in [4.69, 9.17) is 5.73 Å². The number of hydrogen-bond donors (Lipinski definition) is 3. The molecule has 0 spiro atoms. The highest BCUT2D eigenvalue weighted by atomic mass is 16.3. The summed E-state index contributed by atoms with van der Waals surface area (Å²) in [4.78, 5) is 0. The van der Waals surface area contributed by atoms with Gasteiger partial charge in [-0.3, -0.25) is 0 Å². The second-order valence-corrected chi connectivity index (χ2v) is 3.79. The molecule has 1 aromatic carbocycles. The van der Waals surface area contributed by atoms with Crippen molar-refractivity contribution in [3.63, 3.8) is 0 Å². The zero-order valence-corrected chi connectivity index (χ0v) is 7.91. The summed E-state index contributed by atoms with van der Waals surface area (Å²) in [5.41, 5.74) is 5.92. The molecule has 0 aliphatic heterocycles. The minimum Gasteiger partial charge on any atom is -0.508 e. The SMILES string of the molecule is CC(C)(CN)c1cc(O)ccc1O. The zero-order valence-electron chi connectivity index (χ0n) is 7.91. The Balaban J connectivity index is 3.20. The molecule has 13 heavy (non-hydrogen) atoms. The number of benzene rings is 1. The van der Waals surface area contributed by atoms with Crippen LogP contribution < -0.4 is 5.73 Å². The van der Waals surface area contributed by atoms with Gasteiger partial charge in [0.05, 0.1) is 0 Å². The molecular weight excluding hydrogens is 166 g/mol. The van der Waals surface area contributed by atoms with Crippen molar-refractivity contribution in [2.45, 2.75) is 19.3 Å². The standard InChI is InChI=1S/C10H15NO2/c1-10(2,6-11)8-5-7(12)3-4-9(8)13/h3-5,12-13H,6,11H2,1-2H3. The van der Waals surface area contributed by atoms with Crippen LogP contribution >= 0.6 is 0 Å². The smallest absolute Gasteiger partial charge is 0.119 e. The van der Waals surface area contributed by atoms with E-state index in [2.05, 4.69) is 0 Å². The van der Waals surface area contributed by atoms with Gasteiger partial charge in [-0.25, -0.2) is 0 Å². The third-order valence-electron chi connectivity index (χ3n) is 2.22. The molecular formula is C10H15NO2. The molecule has 0 aliphatic rings. The molecule has 0 unspecified atom stereocenters. The van der Waals surface area contributed by atoms with Crippen molar-refractivity contribution in [3.05, 3.63) is 23.8 Å². The van der Waals surface area contributed by atoms with Crippen molar-refractivity contribution < 1.29 is 10.2 Å². The summed E-state index contributed by atoms with van der Waals surface area (Å²) < 4.78 is 0. The van der Waals surface area contributed by atoms with Gasteiger partial charge in [0, 0.05) is 17.5 Å². The summed E-state index contributed by atoms with van der Waals surface area (Å²) in [6.45, 7) is 4.26. The normalized spacial score (nSPS) is 11.6. The van der Waals surface area contributed by atoms with Crippen molar-refractivity contribution in [2.24, 2.45) is 5.73 Å². The van der Waals surface area contributed by atoms with E-state index in [-0.39, 0.29) is 16.9 Å². The van der Waals surface area contributed by atoms with Crippen molar-refractivity contribution in [1.29, 1.82) is 0 Å². The number of rotatable bonds is 2. The molecule has 1 aromatic rings. The van der Waals surface area contributed by atoms with E-state index in [1.807, 2.05) is 13.8 Å². The fraction of sp³-hybridized carbons (Fsp3) is 0.400. The lowest BCUT2D eigenvalue weighted by Gasteiger charge is -2.23. The average Bonchev–Trinajstić information content (AvgIpc) is 2.09. The van der Waals surface area contributed by atoms with Crippen LogP contribution in [-0.2, 0) is 5.41 Å². The van der Waals surface area contributed by atoms with Crippen LogP contribution in [0.1, 0.15) is 19.4 Å². The monoisotopic (exact) mass is 181 g/mol. The second kappa shape index (κ2) is 3.26. The number of phenols is 2. The molecule has 4 N–H and O–H groups in total. The lowest BCUT2D eigenvalue weighted by atomic mass is 9.84. The predicted octanol–water partition coefficient (Wildman–Crippen LogP) is 1.33. The first-order valence-corrected chi connectivity index (χ1v) is 4.20. The third kappa shape index (κ3) is 1.92. The molecule has 0 heterocycles. The van der Waals surface area contributed by atoms with Gasteiger partial charge in [-0.2, -0.15) is 0 Å². The molecule has 1 rings (SSSR count). The number of hydrogen-bond acceptors (Lipinski definition) is 3. The van der Waals surface area contributed by atoms with Gasteiger partial charge < -0.3 is 15.9 Å². The first kappa shape index (κ1) is 9.86. The highest BCUT2D eigenvalue weighted by molar-refractivity contribution is 5.43. The minimum atomic E-state index is -0.317. The maximum absolute atomic E-state index is 9.54. The van der Waals surface area contributed by atoms with Gasteiger partial charge in [0.15, 0.2) is 0 Å². The fourth-order valence-corrected chi connectivity index (χ4v) is 1.18. The largest absolute Gasteiger partial charge is 0.508 e. The van der Waals surface area contributed by atoms with E-state index in [9.17, 15) is 10.2 Å². The predicted molar refractivity (Wildman–Crippen MR) is 51.9 cm³/mol. The van der Waals surface area contributed by atoms with Gasteiger partial charge in [0.25, 0.3) is 0 Å². The Labute approximate surface area is 77.8 Å². The maximum Gasteiger partial charge on any atom is 0.119 e. The zero-order chi connectivity index (χ0) is 10.1. The Morgan fingerprint density at radius 2 is 1.92 bits per heavy atom. The number of aromatic hydroxyl groups is 2. The van der Waals surface area contributed by atoms with Crippen LogP contribution in [0.5, 0.6) is 11.5 Å². The molecule has 0 aliphatic carbocycles. The van der Waals surface area contributed by atoms with Crippen molar-refractivity contribution in [2.75, 3.05) is 6.54 Å². The molecule has 0 atom stereocenters. The average molecular weight is 181 g/mol. The fourth-order valence-electron chi connectivity index (χ4n) is 1.18.